The van der Waals surface area contributed by atoms with Crippen LogP contribution in [0, 0.1) is 0 Å². The third kappa shape index (κ3) is 6.94. The van der Waals surface area contributed by atoms with Crippen molar-refractivity contribution >= 4 is 23.3 Å². The number of carbonyl (C=O) groups excluding carboxylic acids is 2. The number of rotatable bonds is 11. The van der Waals surface area contributed by atoms with Crippen molar-refractivity contribution in [1.29, 1.82) is 0 Å². The van der Waals surface area contributed by atoms with Crippen LogP contribution in [0.1, 0.15) is 54.2 Å². The van der Waals surface area contributed by atoms with E-state index in [9.17, 15) is 9.59 Å². The maximum Gasteiger partial charge on any atom is 0.340 e. The first kappa shape index (κ1) is 25.0. The normalized spacial score (nSPS) is 13.0. The lowest BCUT2D eigenvalue weighted by Crippen LogP contribution is -2.16. The Morgan fingerprint density at radius 2 is 1.86 bits per heavy atom. The average Bonchev–Trinajstić information content (AvgIpc) is 3.35. The van der Waals surface area contributed by atoms with Gasteiger partial charge in [0.2, 0.25) is 5.91 Å². The highest BCUT2D eigenvalue weighted by Crippen LogP contribution is 2.23. The monoisotopic (exact) mass is 490 g/mol. The molecule has 0 fully saturated rings. The van der Waals surface area contributed by atoms with E-state index in [4.69, 9.17) is 14.0 Å². The van der Waals surface area contributed by atoms with Gasteiger partial charge in [0.15, 0.2) is 12.4 Å². The standard InChI is InChI=1S/C27H30N4O5/c1-34-23-14-8-7-13-22(23)29-25(32)17-24-30-26(36-31-24)18-35-27(33)20-11-5-6-12-21(20)28-16-15-19-9-3-2-4-10-19/h5-9,11-14,28H,2-4,10,15-18H2,1H3,(H,29,32). The molecule has 1 aromatic heterocycles. The van der Waals surface area contributed by atoms with Gasteiger partial charge in [-0.15, -0.1) is 0 Å². The maximum absolute atomic E-state index is 12.7. The van der Waals surface area contributed by atoms with Gasteiger partial charge < -0.3 is 24.6 Å². The van der Waals surface area contributed by atoms with E-state index in [-0.39, 0.29) is 30.7 Å². The third-order valence-corrected chi connectivity index (χ3v) is 5.83. The minimum atomic E-state index is -0.497. The first-order valence-corrected chi connectivity index (χ1v) is 12.0. The number of carbonyl (C=O) groups is 2. The molecular weight excluding hydrogens is 460 g/mol. The second-order valence-corrected chi connectivity index (χ2v) is 8.44. The predicted molar refractivity (Wildman–Crippen MR) is 135 cm³/mol. The highest BCUT2D eigenvalue weighted by atomic mass is 16.6. The van der Waals surface area contributed by atoms with Crippen LogP contribution in [0.25, 0.3) is 0 Å². The first-order chi connectivity index (χ1) is 17.6. The third-order valence-electron chi connectivity index (χ3n) is 5.83. The Bertz CT molecular complexity index is 1220. The molecule has 188 valence electrons. The van der Waals surface area contributed by atoms with Crippen LogP contribution < -0.4 is 15.4 Å². The molecule has 3 aromatic rings. The van der Waals surface area contributed by atoms with Gasteiger partial charge in [-0.25, -0.2) is 4.79 Å². The molecule has 0 spiro atoms. The van der Waals surface area contributed by atoms with Crippen LogP contribution in [-0.4, -0.2) is 35.7 Å². The quantitative estimate of drug-likeness (QED) is 0.287. The second-order valence-electron chi connectivity index (χ2n) is 8.44. The Labute approximate surface area is 209 Å². The van der Waals surface area contributed by atoms with Gasteiger partial charge in [0.1, 0.15) is 5.75 Å². The summed E-state index contributed by atoms with van der Waals surface area (Å²) in [5.41, 5.74) is 3.17. The summed E-state index contributed by atoms with van der Waals surface area (Å²) >= 11 is 0. The number of allylic oxidation sites excluding steroid dienone is 1. The van der Waals surface area contributed by atoms with Crippen molar-refractivity contribution in [3.05, 3.63) is 77.5 Å². The van der Waals surface area contributed by atoms with Crippen molar-refractivity contribution in [3.8, 4) is 5.75 Å². The predicted octanol–water partition coefficient (Wildman–Crippen LogP) is 4.92. The zero-order valence-corrected chi connectivity index (χ0v) is 20.3. The van der Waals surface area contributed by atoms with E-state index < -0.39 is 5.97 Å². The zero-order chi connectivity index (χ0) is 25.2. The summed E-state index contributed by atoms with van der Waals surface area (Å²) in [6, 6.07) is 14.3. The van der Waals surface area contributed by atoms with Crippen LogP contribution in [-0.2, 0) is 22.6 Å². The average molecular weight is 491 g/mol. The van der Waals surface area contributed by atoms with E-state index in [0.717, 1.165) is 31.5 Å². The van der Waals surface area contributed by atoms with Gasteiger partial charge in [-0.3, -0.25) is 4.79 Å². The van der Waals surface area contributed by atoms with E-state index >= 15 is 0 Å². The summed E-state index contributed by atoms with van der Waals surface area (Å²) in [7, 11) is 1.53. The highest BCUT2D eigenvalue weighted by molar-refractivity contribution is 5.95. The Morgan fingerprint density at radius 3 is 2.67 bits per heavy atom. The molecule has 0 aliphatic heterocycles. The number of esters is 1. The molecule has 0 bridgehead atoms. The molecule has 0 saturated heterocycles. The van der Waals surface area contributed by atoms with E-state index in [0.29, 0.717) is 17.0 Å². The van der Waals surface area contributed by atoms with Gasteiger partial charge in [0, 0.05) is 12.2 Å². The lowest BCUT2D eigenvalue weighted by Gasteiger charge is -2.15. The van der Waals surface area contributed by atoms with Crippen LogP contribution in [0.5, 0.6) is 5.75 Å². The van der Waals surface area contributed by atoms with Gasteiger partial charge in [-0.2, -0.15) is 4.98 Å². The molecule has 9 heteroatoms. The zero-order valence-electron chi connectivity index (χ0n) is 20.3. The van der Waals surface area contributed by atoms with Crippen molar-refractivity contribution in [2.45, 2.75) is 45.1 Å². The van der Waals surface area contributed by atoms with Gasteiger partial charge in [-0.05, 0) is 56.4 Å². The van der Waals surface area contributed by atoms with E-state index in [2.05, 4.69) is 26.9 Å². The van der Waals surface area contributed by atoms with Crippen molar-refractivity contribution in [1.82, 2.24) is 10.1 Å². The molecule has 0 radical (unpaired) electrons. The topological polar surface area (TPSA) is 116 Å². The molecule has 1 aliphatic carbocycles. The largest absolute Gasteiger partial charge is 0.495 e. The lowest BCUT2D eigenvalue weighted by molar-refractivity contribution is -0.115. The van der Waals surface area contributed by atoms with Gasteiger partial charge in [0.25, 0.3) is 5.89 Å². The van der Waals surface area contributed by atoms with Crippen molar-refractivity contribution in [2.24, 2.45) is 0 Å². The van der Waals surface area contributed by atoms with Gasteiger partial charge in [0.05, 0.1) is 24.8 Å². The first-order valence-electron chi connectivity index (χ1n) is 12.0. The Hall–Kier alpha value is -4.14. The van der Waals surface area contributed by atoms with E-state index in [1.807, 2.05) is 18.2 Å². The number of nitrogens with zero attached hydrogens (tertiary/aromatic N) is 2. The Kier molecular flexibility index (Phi) is 8.69. The fourth-order valence-corrected chi connectivity index (χ4v) is 4.02. The van der Waals surface area contributed by atoms with Gasteiger partial charge >= 0.3 is 5.97 Å². The Morgan fingerprint density at radius 1 is 1.06 bits per heavy atom. The molecular formula is C27H30N4O5. The second kappa shape index (κ2) is 12.5. The molecule has 1 amide bonds. The Balaban J connectivity index is 1.27. The minimum absolute atomic E-state index is 0.0985. The van der Waals surface area contributed by atoms with Crippen LogP contribution in [0.4, 0.5) is 11.4 Å². The van der Waals surface area contributed by atoms with Crippen LogP contribution in [0.2, 0.25) is 0 Å². The number of anilines is 2. The minimum Gasteiger partial charge on any atom is -0.495 e. The summed E-state index contributed by atoms with van der Waals surface area (Å²) in [6.45, 7) is 0.557. The van der Waals surface area contributed by atoms with E-state index in [1.54, 1.807) is 30.3 Å². The highest BCUT2D eigenvalue weighted by Gasteiger charge is 2.17. The number of nitrogens with one attached hydrogen (secondary N) is 2. The number of hydrogen-bond donors (Lipinski definition) is 2. The van der Waals surface area contributed by atoms with Crippen molar-refractivity contribution in [3.63, 3.8) is 0 Å². The van der Waals surface area contributed by atoms with E-state index in [1.165, 1.54) is 25.5 Å². The molecule has 0 unspecified atom stereocenters. The molecule has 0 atom stereocenters. The van der Waals surface area contributed by atoms with Crippen LogP contribution in [0.15, 0.2) is 64.7 Å². The number of benzene rings is 2. The molecule has 1 heterocycles. The molecule has 9 nitrogen and oxygen atoms in total. The number of amides is 1. The van der Waals surface area contributed by atoms with Crippen molar-refractivity contribution < 1.29 is 23.6 Å². The number of aromatic nitrogens is 2. The van der Waals surface area contributed by atoms with Crippen LogP contribution >= 0.6 is 0 Å². The molecule has 36 heavy (non-hydrogen) atoms. The number of ether oxygens (including phenoxy) is 2. The number of para-hydroxylation sites is 3. The lowest BCUT2D eigenvalue weighted by atomic mass is 9.97. The van der Waals surface area contributed by atoms with Gasteiger partial charge in [-0.1, -0.05) is 41.1 Å². The smallest absolute Gasteiger partial charge is 0.340 e. The number of methoxy groups -OCH3 is 1. The summed E-state index contributed by atoms with van der Waals surface area (Å²) in [6.07, 6.45) is 8.01. The SMILES string of the molecule is COc1ccccc1NC(=O)Cc1noc(COC(=O)c2ccccc2NCCC2=CCCCC2)n1. The summed E-state index contributed by atoms with van der Waals surface area (Å²) in [5.74, 6) is 0.0227. The maximum atomic E-state index is 12.7. The fourth-order valence-electron chi connectivity index (χ4n) is 4.02. The summed E-state index contributed by atoms with van der Waals surface area (Å²) < 4.78 is 15.8. The molecule has 0 saturated carbocycles. The number of hydrogen-bond acceptors (Lipinski definition) is 8. The molecule has 1 aliphatic rings. The molecule has 2 N–H and O–H groups in total. The summed E-state index contributed by atoms with van der Waals surface area (Å²) in [5, 5.41) is 9.91. The molecule has 2 aromatic carbocycles. The van der Waals surface area contributed by atoms with Crippen LogP contribution in [0.3, 0.4) is 0 Å². The molecule has 4 rings (SSSR count). The summed E-state index contributed by atoms with van der Waals surface area (Å²) in [4.78, 5) is 29.2. The fraction of sp³-hybridized carbons (Fsp3) is 0.333. The van der Waals surface area contributed by atoms with Crippen molar-refractivity contribution in [2.75, 3.05) is 24.3 Å².